The first-order valence-electron chi connectivity index (χ1n) is 23.2. The van der Waals surface area contributed by atoms with Crippen LogP contribution < -0.4 is 21.7 Å². The number of carbonyl (C=O) groups is 4. The van der Waals surface area contributed by atoms with E-state index in [9.17, 15) is 19.2 Å². The maximum absolute atomic E-state index is 12.8. The van der Waals surface area contributed by atoms with E-state index in [4.69, 9.17) is 29.9 Å². The number of rotatable bonds is 13. The Hall–Kier alpha value is -4.36. The molecule has 0 fully saturated rings. The summed E-state index contributed by atoms with van der Waals surface area (Å²) in [6, 6.07) is 12.0. The van der Waals surface area contributed by atoms with Gasteiger partial charge in [-0.2, -0.15) is 0 Å². The highest BCUT2D eigenvalue weighted by Crippen LogP contribution is 2.48. The van der Waals surface area contributed by atoms with Crippen molar-refractivity contribution in [3.05, 3.63) is 78.9 Å². The van der Waals surface area contributed by atoms with Crippen molar-refractivity contribution in [3.63, 3.8) is 0 Å². The third kappa shape index (κ3) is 15.6. The van der Waals surface area contributed by atoms with Crippen LogP contribution in [0.25, 0.3) is 41.6 Å². The summed E-state index contributed by atoms with van der Waals surface area (Å²) in [6.07, 6.45) is 2.31. The second kappa shape index (κ2) is 25.7. The molecule has 4 amide bonds. The van der Waals surface area contributed by atoms with Gasteiger partial charge in [0.2, 0.25) is 11.8 Å². The van der Waals surface area contributed by atoms with Crippen LogP contribution in [-0.2, 0) is 54.5 Å². The minimum atomic E-state index is -0.552. The highest BCUT2D eigenvalue weighted by Gasteiger charge is 2.33. The van der Waals surface area contributed by atoms with Crippen molar-refractivity contribution in [2.24, 2.45) is 5.73 Å². The summed E-state index contributed by atoms with van der Waals surface area (Å²) in [4.78, 5) is 65.4. The third-order valence-electron chi connectivity index (χ3n) is 10.6. The summed E-state index contributed by atoms with van der Waals surface area (Å²) in [5.74, 6) is -0.333. The number of hydrogen-bond donors (Lipinski definition) is 4. The lowest BCUT2D eigenvalue weighted by molar-refractivity contribution is -0.116. The van der Waals surface area contributed by atoms with Gasteiger partial charge in [0.15, 0.2) is 0 Å². The molecule has 0 saturated carbocycles. The van der Waals surface area contributed by atoms with Gasteiger partial charge in [-0.25, -0.2) is 19.6 Å². The van der Waals surface area contributed by atoms with E-state index >= 15 is 0 Å². The fourth-order valence-electron chi connectivity index (χ4n) is 7.38. The Morgan fingerprint density at radius 3 is 1.61 bits per heavy atom. The Kier molecular flexibility index (Phi) is 20.3. The molecule has 2 aliphatic heterocycles. The molecule has 0 atom stereocenters. The van der Waals surface area contributed by atoms with Crippen molar-refractivity contribution in [3.8, 4) is 21.1 Å². The molecule has 2 aliphatic rings. The number of amides is 4. The molecular formula is C50H62Br2N8O8S4. The summed E-state index contributed by atoms with van der Waals surface area (Å²) in [5, 5.41) is 12.5. The number of nitrogens with one attached hydrogen (secondary N) is 3. The first-order chi connectivity index (χ1) is 34.2. The number of benzene rings is 2. The number of nitrogens with zero attached hydrogens (tertiary/aromatic N) is 4. The Morgan fingerprint density at radius 1 is 0.722 bits per heavy atom. The van der Waals surface area contributed by atoms with Crippen LogP contribution in [0.4, 0.5) is 19.6 Å². The fraction of sp³-hybridized carbons (Fsp3) is 0.440. The predicted octanol–water partition coefficient (Wildman–Crippen LogP) is 11.4. The van der Waals surface area contributed by atoms with Crippen LogP contribution in [0.3, 0.4) is 0 Å². The zero-order valence-electron chi connectivity index (χ0n) is 41.8. The van der Waals surface area contributed by atoms with Gasteiger partial charge in [0.05, 0.1) is 46.7 Å². The number of hydrogen-bond acceptors (Lipinski definition) is 16. The normalized spacial score (nSPS) is 13.3. The van der Waals surface area contributed by atoms with Crippen LogP contribution in [-0.4, -0.2) is 115 Å². The maximum Gasteiger partial charge on any atom is 0.410 e. The quantitative estimate of drug-likeness (QED) is 0.0631. The lowest BCUT2D eigenvalue weighted by Crippen LogP contribution is -2.39. The number of methoxy groups -OCH3 is 2. The van der Waals surface area contributed by atoms with E-state index in [-0.39, 0.29) is 24.0 Å². The van der Waals surface area contributed by atoms with Gasteiger partial charge in [0, 0.05) is 83.2 Å². The lowest BCUT2D eigenvalue weighted by atomic mass is 10.0. The van der Waals surface area contributed by atoms with Crippen LogP contribution >= 0.6 is 77.2 Å². The Bertz CT molecular complexity index is 2880. The predicted molar refractivity (Wildman–Crippen MR) is 300 cm³/mol. The molecule has 2 aromatic carbocycles. The van der Waals surface area contributed by atoms with E-state index in [1.165, 1.54) is 28.7 Å². The Labute approximate surface area is 453 Å². The molecule has 72 heavy (non-hydrogen) atoms. The maximum atomic E-state index is 12.8. The first kappa shape index (κ1) is 56.9. The smallest absolute Gasteiger partial charge is 0.410 e. The van der Waals surface area contributed by atoms with Crippen LogP contribution in [0.15, 0.2) is 58.0 Å². The largest absolute Gasteiger partial charge is 0.444 e. The van der Waals surface area contributed by atoms with Gasteiger partial charge in [-0.15, -0.1) is 45.3 Å². The summed E-state index contributed by atoms with van der Waals surface area (Å²) >= 11 is 13.2. The highest BCUT2D eigenvalue weighted by atomic mass is 79.9. The van der Waals surface area contributed by atoms with Gasteiger partial charge in [0.1, 0.15) is 31.2 Å². The minimum Gasteiger partial charge on any atom is -0.444 e. The average Bonchev–Trinajstić information content (AvgIpc) is 4.09. The molecule has 8 rings (SSSR count). The van der Waals surface area contributed by atoms with Crippen LogP contribution in [0, 0.1) is 0 Å². The number of aromatic nitrogens is 2. The minimum absolute atomic E-state index is 0.0624. The molecule has 0 spiro atoms. The molecule has 16 nitrogen and oxygen atoms in total. The number of ether oxygens (including phenoxy) is 4. The van der Waals surface area contributed by atoms with E-state index < -0.39 is 11.2 Å². The fourth-order valence-corrected chi connectivity index (χ4v) is 13.3. The van der Waals surface area contributed by atoms with Crippen molar-refractivity contribution >= 4 is 132 Å². The number of halogens is 2. The van der Waals surface area contributed by atoms with Gasteiger partial charge < -0.3 is 50.4 Å². The molecule has 6 heterocycles. The molecule has 0 bridgehead atoms. The molecule has 0 unspecified atom stereocenters. The van der Waals surface area contributed by atoms with Crippen molar-refractivity contribution in [1.82, 2.24) is 25.1 Å². The SMILES string of the molecule is C=CC(=O)Nc1sc2c(c1-c1nc3ccc(Br)cc3s1)CCN(C(=O)OC(C)(C)C)C2.COCCN.COCCNCCC(=O)Nc1sc2c(c1-c1nc3ccc(Br)cc3s1)CCN(C(=O)OC(C)(C)C)C2. The summed E-state index contributed by atoms with van der Waals surface area (Å²) < 4.78 is 24.9. The monoisotopic (exact) mass is 1190 g/mol. The second-order valence-corrected chi connectivity index (χ2v) is 24.6. The zero-order valence-corrected chi connectivity index (χ0v) is 48.2. The number of nitrogens with two attached hydrogens (primary N) is 1. The van der Waals surface area contributed by atoms with Crippen molar-refractivity contribution < 1.29 is 38.1 Å². The zero-order chi connectivity index (χ0) is 52.3. The highest BCUT2D eigenvalue weighted by molar-refractivity contribution is 9.10. The van der Waals surface area contributed by atoms with Crippen molar-refractivity contribution in [2.45, 2.75) is 85.1 Å². The number of carbonyl (C=O) groups excluding carboxylic acids is 4. The Balaban J connectivity index is 0.000000217. The van der Waals surface area contributed by atoms with Crippen LogP contribution in [0.2, 0.25) is 0 Å². The number of thiazole rings is 2. The van der Waals surface area contributed by atoms with Crippen molar-refractivity contribution in [2.75, 3.05) is 70.8 Å². The molecule has 0 aliphatic carbocycles. The van der Waals surface area contributed by atoms with E-state index in [0.717, 1.165) is 81.4 Å². The number of fused-ring (bicyclic) bond motifs is 4. The summed E-state index contributed by atoms with van der Waals surface area (Å²) in [6.45, 7) is 19.9. The van der Waals surface area contributed by atoms with Crippen molar-refractivity contribution in [1.29, 1.82) is 0 Å². The molecule has 22 heteroatoms. The van der Waals surface area contributed by atoms with E-state index in [2.05, 4.69) is 65.2 Å². The van der Waals surface area contributed by atoms with E-state index in [1.807, 2.05) is 71.9 Å². The number of anilines is 2. The Morgan fingerprint density at radius 2 is 1.19 bits per heavy atom. The first-order valence-corrected chi connectivity index (χ1v) is 28.1. The van der Waals surface area contributed by atoms with Gasteiger partial charge in [-0.05, 0) is 108 Å². The van der Waals surface area contributed by atoms with Crippen LogP contribution in [0.5, 0.6) is 0 Å². The van der Waals surface area contributed by atoms with Crippen LogP contribution in [0.1, 0.15) is 68.8 Å². The number of thiophene rings is 2. The van der Waals surface area contributed by atoms with Gasteiger partial charge in [-0.3, -0.25) is 9.59 Å². The summed E-state index contributed by atoms with van der Waals surface area (Å²) in [5.41, 5.74) is 9.93. The lowest BCUT2D eigenvalue weighted by Gasteiger charge is -2.30. The third-order valence-corrected chi connectivity index (χ3v) is 15.9. The van der Waals surface area contributed by atoms with Gasteiger partial charge >= 0.3 is 12.2 Å². The molecule has 6 aromatic rings. The molecular weight excluding hydrogens is 1130 g/mol. The molecule has 388 valence electrons. The summed E-state index contributed by atoms with van der Waals surface area (Å²) in [7, 11) is 3.28. The van der Waals surface area contributed by atoms with Gasteiger partial charge in [0.25, 0.3) is 0 Å². The molecule has 4 aromatic heterocycles. The van der Waals surface area contributed by atoms with E-state index in [1.54, 1.807) is 46.7 Å². The molecule has 5 N–H and O–H groups in total. The molecule has 0 radical (unpaired) electrons. The van der Waals surface area contributed by atoms with E-state index in [0.29, 0.717) is 78.3 Å². The standard InChI is InChI=1S/C25H31BrN4O4S2.C22H22BrN3O3S2.C3H9NO/c1-25(2,3)34-24(32)30-11-8-16-19(14-30)36-23(29-20(31)7-9-27-10-12-33-4)21(16)22-28-17-6-5-15(26)13-18(17)35-22;1-5-17(27)25-20-18(19-24-14-7-6-12(23)10-15(14)30-19)13-8-9-26(11-16(13)31-20)21(28)29-22(2,3)4;1-5-3-2-4/h5-6,13,27H,7-12,14H2,1-4H3,(H,29,31);5-7,10H,1,8-9,11H2,2-4H3,(H,25,27);2-4H2,1H3. The molecule has 0 saturated heterocycles. The topological polar surface area (TPSA) is 200 Å². The average molecular weight is 1190 g/mol. The van der Waals surface area contributed by atoms with Gasteiger partial charge in [-0.1, -0.05) is 38.4 Å². The second-order valence-electron chi connectivity index (χ2n) is 18.5.